The Morgan fingerprint density at radius 2 is 1.76 bits per heavy atom. The normalized spacial score (nSPS) is 21.7. The zero-order valence-electron chi connectivity index (χ0n) is 21.6. The second-order valence-electron chi connectivity index (χ2n) is 9.49. The third-order valence-corrected chi connectivity index (χ3v) is 7.44. The maximum atomic E-state index is 13.5. The number of fused-ring (bicyclic) bond motifs is 1. The van der Waals surface area contributed by atoms with Gasteiger partial charge in [0, 0.05) is 31.0 Å². The van der Waals surface area contributed by atoms with Crippen LogP contribution in [0.4, 0.5) is 0 Å². The zero-order chi connectivity index (χ0) is 26.5. The third kappa shape index (κ3) is 5.38. The summed E-state index contributed by atoms with van der Waals surface area (Å²) in [6.07, 6.45) is 7.27. The van der Waals surface area contributed by atoms with Crippen LogP contribution < -0.4 is 9.47 Å². The van der Waals surface area contributed by atoms with Gasteiger partial charge in [0.25, 0.3) is 0 Å². The van der Waals surface area contributed by atoms with E-state index >= 15 is 0 Å². The summed E-state index contributed by atoms with van der Waals surface area (Å²) in [5.41, 5.74) is 1.75. The van der Waals surface area contributed by atoms with Gasteiger partial charge in [-0.05, 0) is 43.9 Å². The van der Waals surface area contributed by atoms with Crippen molar-refractivity contribution >= 4 is 29.8 Å². The minimum atomic E-state index is -0.384. The molecule has 1 saturated heterocycles. The molecule has 0 aromatic heterocycles. The molecule has 0 saturated carbocycles. The molecule has 0 radical (unpaired) electrons. The third-order valence-electron chi connectivity index (χ3n) is 7.44. The Balaban J connectivity index is 1.53. The van der Waals surface area contributed by atoms with Crippen LogP contribution in [-0.2, 0) is 19.2 Å². The average Bonchev–Trinajstić information content (AvgIpc) is 2.95. The van der Waals surface area contributed by atoms with E-state index in [0.717, 1.165) is 22.6 Å². The van der Waals surface area contributed by atoms with Gasteiger partial charge in [0.1, 0.15) is 6.54 Å². The van der Waals surface area contributed by atoms with Crippen molar-refractivity contribution in [1.29, 1.82) is 0 Å². The van der Waals surface area contributed by atoms with E-state index in [0.29, 0.717) is 50.3 Å². The Morgan fingerprint density at radius 1 is 1.08 bits per heavy atom. The van der Waals surface area contributed by atoms with Gasteiger partial charge in [-0.25, -0.2) is 5.01 Å². The molecule has 0 bridgehead atoms. The van der Waals surface area contributed by atoms with Crippen molar-refractivity contribution in [3.8, 4) is 11.5 Å². The minimum Gasteiger partial charge on any atom is -0.493 e. The summed E-state index contributed by atoms with van der Waals surface area (Å²) >= 11 is 0. The second kappa shape index (κ2) is 11.6. The van der Waals surface area contributed by atoms with Gasteiger partial charge in [0.2, 0.25) is 24.1 Å². The highest BCUT2D eigenvalue weighted by molar-refractivity contribution is 6.07. The first-order valence-corrected chi connectivity index (χ1v) is 12.7. The van der Waals surface area contributed by atoms with Crippen LogP contribution in [-0.4, -0.2) is 84.5 Å². The summed E-state index contributed by atoms with van der Waals surface area (Å²) in [7, 11) is 3.18. The lowest BCUT2D eigenvalue weighted by atomic mass is 9.76. The molecule has 1 aliphatic carbocycles. The summed E-state index contributed by atoms with van der Waals surface area (Å²) in [5.74, 6) is 0.386. The first-order valence-electron chi connectivity index (χ1n) is 12.7. The number of ether oxygens (including phenoxy) is 2. The van der Waals surface area contributed by atoms with Crippen molar-refractivity contribution < 1.29 is 28.7 Å². The molecule has 2 aliphatic heterocycles. The summed E-state index contributed by atoms with van der Waals surface area (Å²) in [6.45, 7) is 2.24. The molecule has 0 spiro atoms. The number of allylic oxidation sites excluding steroid dienone is 2. The van der Waals surface area contributed by atoms with Gasteiger partial charge in [-0.15, -0.1) is 0 Å². The monoisotopic (exact) mass is 510 g/mol. The van der Waals surface area contributed by atoms with Crippen molar-refractivity contribution in [2.24, 2.45) is 16.9 Å². The molecular weight excluding hydrogens is 476 g/mol. The maximum absolute atomic E-state index is 13.5. The summed E-state index contributed by atoms with van der Waals surface area (Å²) in [5, 5.41) is 6.54. The quantitative estimate of drug-likeness (QED) is 0.392. The Bertz CT molecular complexity index is 1110. The number of rotatable bonds is 8. The number of methoxy groups -OCH3 is 2. The molecule has 10 nitrogen and oxygen atoms in total. The van der Waals surface area contributed by atoms with Gasteiger partial charge >= 0.3 is 0 Å². The number of hydrazone groups is 1. The summed E-state index contributed by atoms with van der Waals surface area (Å²) < 4.78 is 10.9. The number of hydrogen-bond donors (Lipinski definition) is 0. The van der Waals surface area contributed by atoms with Crippen LogP contribution in [0.15, 0.2) is 35.5 Å². The predicted octanol–water partition coefficient (Wildman–Crippen LogP) is 2.22. The standard InChI is InChI=1S/C27H34N4O6/c1-4-24(33)30(17-32)16-25(34)29-13-11-19(12-14-29)31-27(35)21-8-6-5-7-20(21)26(28-31)18-9-10-22(36-2)23(15-18)37-3/h5-6,9-10,15,17,19-21H,4,7-8,11-14,16H2,1-3H3/t20-,21+/m0/s1. The lowest BCUT2D eigenvalue weighted by Crippen LogP contribution is -2.53. The van der Waals surface area contributed by atoms with E-state index in [-0.39, 0.29) is 48.6 Å². The van der Waals surface area contributed by atoms with Crippen LogP contribution in [0.2, 0.25) is 0 Å². The number of carbonyl (C=O) groups excluding carboxylic acids is 4. The lowest BCUT2D eigenvalue weighted by molar-refractivity contribution is -0.147. The van der Waals surface area contributed by atoms with Gasteiger partial charge in [0.15, 0.2) is 11.5 Å². The van der Waals surface area contributed by atoms with Crippen LogP contribution in [0.5, 0.6) is 11.5 Å². The minimum absolute atomic E-state index is 0.0149. The summed E-state index contributed by atoms with van der Waals surface area (Å²) in [6, 6.07) is 5.55. The smallest absolute Gasteiger partial charge is 0.247 e. The fourth-order valence-electron chi connectivity index (χ4n) is 5.32. The van der Waals surface area contributed by atoms with Crippen molar-refractivity contribution in [3.05, 3.63) is 35.9 Å². The molecule has 3 aliphatic rings. The number of nitrogens with zero attached hydrogens (tertiary/aromatic N) is 4. The predicted molar refractivity (Wildman–Crippen MR) is 136 cm³/mol. The van der Waals surface area contributed by atoms with Gasteiger partial charge < -0.3 is 14.4 Å². The molecule has 37 heavy (non-hydrogen) atoms. The first-order chi connectivity index (χ1) is 17.9. The molecule has 4 rings (SSSR count). The molecular formula is C27H34N4O6. The van der Waals surface area contributed by atoms with E-state index in [1.165, 1.54) is 0 Å². The van der Waals surface area contributed by atoms with Crippen LogP contribution >= 0.6 is 0 Å². The van der Waals surface area contributed by atoms with Crippen molar-refractivity contribution in [2.45, 2.75) is 45.1 Å². The number of likely N-dealkylation sites (tertiary alicyclic amines) is 1. The van der Waals surface area contributed by atoms with Crippen molar-refractivity contribution in [3.63, 3.8) is 0 Å². The highest BCUT2D eigenvalue weighted by atomic mass is 16.5. The van der Waals surface area contributed by atoms with Crippen LogP contribution in [0.3, 0.4) is 0 Å². The Hall–Kier alpha value is -3.69. The lowest BCUT2D eigenvalue weighted by Gasteiger charge is -2.42. The zero-order valence-corrected chi connectivity index (χ0v) is 21.6. The van der Waals surface area contributed by atoms with Crippen LogP contribution in [0, 0.1) is 11.8 Å². The molecule has 198 valence electrons. The first kappa shape index (κ1) is 26.4. The van der Waals surface area contributed by atoms with E-state index < -0.39 is 0 Å². The summed E-state index contributed by atoms with van der Waals surface area (Å²) in [4.78, 5) is 51.9. The van der Waals surface area contributed by atoms with Gasteiger partial charge in [-0.1, -0.05) is 19.1 Å². The molecule has 0 N–H and O–H groups in total. The highest BCUT2D eigenvalue weighted by Gasteiger charge is 2.43. The SMILES string of the molecule is CCC(=O)N(C=O)CC(=O)N1CCC(N2N=C(c3ccc(OC)c(OC)c3)[C@H]3CC=CC[C@H]3C2=O)CC1. The largest absolute Gasteiger partial charge is 0.493 e. The Labute approximate surface area is 216 Å². The number of imide groups is 1. The van der Waals surface area contributed by atoms with Crippen LogP contribution in [0.25, 0.3) is 0 Å². The van der Waals surface area contributed by atoms with Gasteiger partial charge in [-0.2, -0.15) is 5.10 Å². The fraction of sp³-hybridized carbons (Fsp3) is 0.519. The topological polar surface area (TPSA) is 109 Å². The van der Waals surface area contributed by atoms with E-state index in [2.05, 4.69) is 12.2 Å². The Morgan fingerprint density at radius 3 is 2.38 bits per heavy atom. The number of amides is 4. The number of hydrogen-bond acceptors (Lipinski definition) is 7. The Kier molecular flexibility index (Phi) is 8.25. The molecule has 10 heteroatoms. The van der Waals surface area contributed by atoms with E-state index in [1.54, 1.807) is 31.1 Å². The van der Waals surface area contributed by atoms with Crippen molar-refractivity contribution in [2.75, 3.05) is 33.9 Å². The molecule has 4 amide bonds. The fourth-order valence-corrected chi connectivity index (χ4v) is 5.32. The number of benzene rings is 1. The van der Waals surface area contributed by atoms with Gasteiger partial charge in [0.05, 0.1) is 31.9 Å². The highest BCUT2D eigenvalue weighted by Crippen LogP contribution is 2.38. The number of carbonyl (C=O) groups is 4. The molecule has 2 atom stereocenters. The van der Waals surface area contributed by atoms with Crippen molar-refractivity contribution in [1.82, 2.24) is 14.8 Å². The molecule has 2 heterocycles. The number of piperidine rings is 1. The molecule has 1 aromatic rings. The molecule has 0 unspecified atom stereocenters. The van der Waals surface area contributed by atoms with Crippen LogP contribution in [0.1, 0.15) is 44.6 Å². The second-order valence-corrected chi connectivity index (χ2v) is 9.49. The van der Waals surface area contributed by atoms with Gasteiger partial charge in [-0.3, -0.25) is 24.1 Å². The van der Waals surface area contributed by atoms with E-state index in [1.807, 2.05) is 18.2 Å². The maximum Gasteiger partial charge on any atom is 0.247 e. The van der Waals surface area contributed by atoms with E-state index in [9.17, 15) is 19.2 Å². The average molecular weight is 511 g/mol. The molecule has 1 fully saturated rings. The van der Waals surface area contributed by atoms with E-state index in [4.69, 9.17) is 14.6 Å². The molecule has 1 aromatic carbocycles.